The summed E-state index contributed by atoms with van der Waals surface area (Å²) in [6.07, 6.45) is 0. The fraction of sp³-hybridized carbons (Fsp3) is 0.417. The average molecular weight is 315 g/mol. The Labute approximate surface area is 122 Å². The van der Waals surface area contributed by atoms with Crippen LogP contribution in [0.4, 0.5) is 0 Å². The number of hydrogen-bond acceptors (Lipinski definition) is 6. The molecule has 2 rings (SSSR count). The number of nitrogens with one attached hydrogen (secondary N) is 1. The number of sulfonamides is 1. The number of thiazole rings is 1. The van der Waals surface area contributed by atoms with Crippen LogP contribution in [0.2, 0.25) is 0 Å². The predicted octanol–water partition coefficient (Wildman–Crippen LogP) is 1.85. The van der Waals surface area contributed by atoms with Crippen molar-refractivity contribution in [3.05, 3.63) is 33.5 Å². The van der Waals surface area contributed by atoms with Crippen LogP contribution in [0.15, 0.2) is 21.6 Å². The lowest BCUT2D eigenvalue weighted by molar-refractivity contribution is 0.394. The van der Waals surface area contributed by atoms with E-state index in [0.717, 1.165) is 10.7 Å². The SMILES string of the molecule is Cc1nc(C)c(C(C)NCc2ccc(S(N)(=O)=O)o2)s1. The third kappa shape index (κ3) is 3.45. The van der Waals surface area contributed by atoms with Crippen molar-refractivity contribution >= 4 is 21.4 Å². The number of aryl methyl sites for hydroxylation is 2. The van der Waals surface area contributed by atoms with Gasteiger partial charge in [0.1, 0.15) is 5.76 Å². The topological polar surface area (TPSA) is 98.2 Å². The monoisotopic (exact) mass is 315 g/mol. The van der Waals surface area contributed by atoms with Gasteiger partial charge >= 0.3 is 0 Å². The molecule has 0 fully saturated rings. The van der Waals surface area contributed by atoms with E-state index in [-0.39, 0.29) is 11.1 Å². The van der Waals surface area contributed by atoms with Gasteiger partial charge < -0.3 is 9.73 Å². The van der Waals surface area contributed by atoms with Gasteiger partial charge in [-0.2, -0.15) is 0 Å². The highest BCUT2D eigenvalue weighted by molar-refractivity contribution is 7.89. The van der Waals surface area contributed by atoms with Crippen LogP contribution in [0.3, 0.4) is 0 Å². The highest BCUT2D eigenvalue weighted by Gasteiger charge is 2.15. The van der Waals surface area contributed by atoms with Gasteiger partial charge in [0.15, 0.2) is 0 Å². The maximum absolute atomic E-state index is 11.1. The van der Waals surface area contributed by atoms with Crippen LogP contribution < -0.4 is 10.5 Å². The molecular weight excluding hydrogens is 298 g/mol. The fourth-order valence-corrected chi connectivity index (χ4v) is 3.34. The van der Waals surface area contributed by atoms with E-state index >= 15 is 0 Å². The lowest BCUT2D eigenvalue weighted by Crippen LogP contribution is -2.17. The summed E-state index contributed by atoms with van der Waals surface area (Å²) in [6, 6.07) is 3.08. The molecule has 20 heavy (non-hydrogen) atoms. The Bertz CT molecular complexity index is 703. The Hall–Kier alpha value is -1.22. The number of primary sulfonamides is 1. The van der Waals surface area contributed by atoms with Gasteiger partial charge in [-0.15, -0.1) is 11.3 Å². The molecule has 2 aromatic rings. The molecule has 6 nitrogen and oxygen atoms in total. The summed E-state index contributed by atoms with van der Waals surface area (Å²) in [5.41, 5.74) is 1.01. The summed E-state index contributed by atoms with van der Waals surface area (Å²) in [5, 5.41) is 9.08. The summed E-state index contributed by atoms with van der Waals surface area (Å²) in [5.74, 6) is 0.528. The zero-order valence-corrected chi connectivity index (χ0v) is 13.1. The molecule has 0 bridgehead atoms. The first-order valence-corrected chi connectivity index (χ1v) is 8.42. The Morgan fingerprint density at radius 3 is 2.65 bits per heavy atom. The first-order valence-electron chi connectivity index (χ1n) is 6.06. The Balaban J connectivity index is 2.02. The summed E-state index contributed by atoms with van der Waals surface area (Å²) in [7, 11) is -3.78. The minimum Gasteiger partial charge on any atom is -0.447 e. The molecule has 110 valence electrons. The second kappa shape index (κ2) is 5.65. The van der Waals surface area contributed by atoms with Crippen LogP contribution in [0.5, 0.6) is 0 Å². The van der Waals surface area contributed by atoms with Crippen LogP contribution in [0.1, 0.15) is 34.3 Å². The van der Waals surface area contributed by atoms with Crippen LogP contribution in [-0.4, -0.2) is 13.4 Å². The molecule has 0 saturated carbocycles. The van der Waals surface area contributed by atoms with Crippen molar-refractivity contribution in [2.45, 2.75) is 38.5 Å². The minimum absolute atomic E-state index is 0.115. The molecule has 0 aliphatic carbocycles. The average Bonchev–Trinajstić information content (AvgIpc) is 2.92. The zero-order valence-electron chi connectivity index (χ0n) is 11.5. The smallest absolute Gasteiger partial charge is 0.271 e. The maximum atomic E-state index is 11.1. The molecule has 0 aromatic carbocycles. The third-order valence-corrected chi connectivity index (χ3v) is 4.87. The van der Waals surface area contributed by atoms with Crippen LogP contribution in [-0.2, 0) is 16.6 Å². The number of nitrogens with two attached hydrogens (primary N) is 1. The van der Waals surface area contributed by atoms with Gasteiger partial charge in [0.25, 0.3) is 10.0 Å². The molecule has 1 atom stereocenters. The molecule has 0 radical (unpaired) electrons. The first-order chi connectivity index (χ1) is 9.27. The third-order valence-electron chi connectivity index (χ3n) is 2.83. The Kier molecular flexibility index (Phi) is 4.28. The summed E-state index contributed by atoms with van der Waals surface area (Å²) < 4.78 is 27.4. The van der Waals surface area contributed by atoms with Crippen molar-refractivity contribution in [3.63, 3.8) is 0 Å². The van der Waals surface area contributed by atoms with Gasteiger partial charge in [-0.1, -0.05) is 0 Å². The van der Waals surface area contributed by atoms with Gasteiger partial charge in [-0.3, -0.25) is 0 Å². The van der Waals surface area contributed by atoms with Crippen molar-refractivity contribution in [2.75, 3.05) is 0 Å². The molecule has 3 N–H and O–H groups in total. The molecule has 2 aromatic heterocycles. The largest absolute Gasteiger partial charge is 0.447 e. The van der Waals surface area contributed by atoms with Crippen molar-refractivity contribution in [2.24, 2.45) is 5.14 Å². The van der Waals surface area contributed by atoms with E-state index in [1.54, 1.807) is 17.4 Å². The molecular formula is C12H17N3O3S2. The van der Waals surface area contributed by atoms with Gasteiger partial charge in [-0.25, -0.2) is 18.5 Å². The van der Waals surface area contributed by atoms with E-state index in [1.165, 1.54) is 10.9 Å². The van der Waals surface area contributed by atoms with Gasteiger partial charge in [0, 0.05) is 10.9 Å². The summed E-state index contributed by atoms with van der Waals surface area (Å²) in [4.78, 5) is 5.55. The highest BCUT2D eigenvalue weighted by atomic mass is 32.2. The van der Waals surface area contributed by atoms with E-state index in [4.69, 9.17) is 9.56 Å². The fourth-order valence-electron chi connectivity index (χ4n) is 1.90. The second-order valence-corrected chi connectivity index (χ2v) is 7.28. The van der Waals surface area contributed by atoms with E-state index < -0.39 is 10.0 Å². The highest BCUT2D eigenvalue weighted by Crippen LogP contribution is 2.24. The van der Waals surface area contributed by atoms with Crippen LogP contribution in [0.25, 0.3) is 0 Å². The molecule has 0 amide bonds. The quantitative estimate of drug-likeness (QED) is 0.877. The molecule has 0 aliphatic heterocycles. The van der Waals surface area contributed by atoms with E-state index in [1.807, 2.05) is 20.8 Å². The van der Waals surface area contributed by atoms with E-state index in [0.29, 0.717) is 12.3 Å². The lowest BCUT2D eigenvalue weighted by atomic mass is 10.2. The van der Waals surface area contributed by atoms with Crippen molar-refractivity contribution in [1.82, 2.24) is 10.3 Å². The number of aromatic nitrogens is 1. The van der Waals surface area contributed by atoms with E-state index in [9.17, 15) is 8.42 Å². The van der Waals surface area contributed by atoms with Crippen LogP contribution >= 0.6 is 11.3 Å². The second-order valence-electron chi connectivity index (χ2n) is 4.55. The van der Waals surface area contributed by atoms with Crippen molar-refractivity contribution in [3.8, 4) is 0 Å². The minimum atomic E-state index is -3.78. The Morgan fingerprint density at radius 1 is 1.45 bits per heavy atom. The zero-order chi connectivity index (χ0) is 14.9. The standard InChI is InChI=1S/C12H17N3O3S2/c1-7(12-8(2)15-9(3)19-12)14-6-10-4-5-11(18-10)20(13,16)17/h4-5,7,14H,6H2,1-3H3,(H2,13,16,17). The van der Waals surface area contributed by atoms with Gasteiger partial charge in [0.05, 0.1) is 17.2 Å². The molecule has 0 aliphatic rings. The molecule has 1 unspecified atom stereocenters. The summed E-state index contributed by atoms with van der Waals surface area (Å²) in [6.45, 7) is 6.40. The Morgan fingerprint density at radius 2 is 2.15 bits per heavy atom. The van der Waals surface area contributed by atoms with Gasteiger partial charge in [-0.05, 0) is 32.9 Å². The predicted molar refractivity (Wildman–Crippen MR) is 76.9 cm³/mol. The molecule has 0 spiro atoms. The number of rotatable bonds is 5. The number of furan rings is 1. The van der Waals surface area contributed by atoms with E-state index in [2.05, 4.69) is 10.3 Å². The molecule has 2 heterocycles. The maximum Gasteiger partial charge on any atom is 0.271 e. The first kappa shape index (κ1) is 15.2. The van der Waals surface area contributed by atoms with Gasteiger partial charge in [0.2, 0.25) is 5.09 Å². The van der Waals surface area contributed by atoms with Crippen molar-refractivity contribution < 1.29 is 12.8 Å². The lowest BCUT2D eigenvalue weighted by Gasteiger charge is -2.11. The van der Waals surface area contributed by atoms with Crippen LogP contribution in [0, 0.1) is 13.8 Å². The summed E-state index contributed by atoms with van der Waals surface area (Å²) >= 11 is 1.65. The number of nitrogens with zero attached hydrogens (tertiary/aromatic N) is 1. The van der Waals surface area contributed by atoms with Crippen molar-refractivity contribution in [1.29, 1.82) is 0 Å². The number of hydrogen-bond donors (Lipinski definition) is 2. The normalized spacial score (nSPS) is 13.6. The molecule has 0 saturated heterocycles. The molecule has 8 heteroatoms.